The molecule has 1 aromatic heterocycles. The number of methoxy groups -OCH3 is 1. The molecule has 0 fully saturated rings. The maximum Gasteiger partial charge on any atom is 0.112 e. The summed E-state index contributed by atoms with van der Waals surface area (Å²) >= 11 is 1.50. The third-order valence-electron chi connectivity index (χ3n) is 1.84. The number of hydrogen-bond acceptors (Lipinski definition) is 4. The fraction of sp³-hybridized carbons (Fsp3) is 0.625. The molecule has 0 amide bonds. The maximum absolute atomic E-state index is 5.78. The fourth-order valence-corrected chi connectivity index (χ4v) is 1.81. The molecule has 0 atom stereocenters. The molecule has 0 spiro atoms. The monoisotopic (exact) mass is 186 g/mol. The highest BCUT2D eigenvalue weighted by molar-refractivity contribution is 7.15. The number of aryl methyl sites for hydroxylation is 1. The van der Waals surface area contributed by atoms with Gasteiger partial charge in [-0.25, -0.2) is 4.98 Å². The summed E-state index contributed by atoms with van der Waals surface area (Å²) < 4.78 is 5.28. The molecule has 0 aliphatic carbocycles. The van der Waals surface area contributed by atoms with Gasteiger partial charge in [-0.2, -0.15) is 0 Å². The van der Waals surface area contributed by atoms with Crippen LogP contribution in [0, 0.1) is 6.92 Å². The lowest BCUT2D eigenvalue weighted by Crippen LogP contribution is -2.21. The zero-order valence-corrected chi connectivity index (χ0v) is 8.66. The van der Waals surface area contributed by atoms with Gasteiger partial charge in [-0.3, -0.25) is 0 Å². The SMILES string of the molecule is COC(C)(C)c1nc(C)sc1N. The number of hydrogen-bond donors (Lipinski definition) is 1. The summed E-state index contributed by atoms with van der Waals surface area (Å²) in [6.45, 7) is 5.85. The molecule has 4 heteroatoms. The third kappa shape index (κ3) is 1.59. The first-order valence-electron chi connectivity index (χ1n) is 3.76. The first-order valence-corrected chi connectivity index (χ1v) is 4.57. The molecule has 0 saturated heterocycles. The molecular weight excluding hydrogens is 172 g/mol. The van der Waals surface area contributed by atoms with Crippen molar-refractivity contribution in [3.63, 3.8) is 0 Å². The van der Waals surface area contributed by atoms with E-state index in [-0.39, 0.29) is 5.60 Å². The standard InChI is InChI=1S/C8H14N2OS/c1-5-10-6(7(9)12-5)8(2,3)11-4/h9H2,1-4H3. The van der Waals surface area contributed by atoms with Gasteiger partial charge in [0.25, 0.3) is 0 Å². The minimum absolute atomic E-state index is 0.380. The molecule has 0 bridgehead atoms. The van der Waals surface area contributed by atoms with Crippen molar-refractivity contribution in [3.05, 3.63) is 10.7 Å². The number of thiazole rings is 1. The number of nitrogens with two attached hydrogens (primary N) is 1. The Morgan fingerprint density at radius 2 is 2.08 bits per heavy atom. The molecule has 0 aliphatic rings. The van der Waals surface area contributed by atoms with Gasteiger partial charge >= 0.3 is 0 Å². The van der Waals surface area contributed by atoms with E-state index >= 15 is 0 Å². The lowest BCUT2D eigenvalue weighted by molar-refractivity contribution is 0.0165. The van der Waals surface area contributed by atoms with Crippen LogP contribution in [0.15, 0.2) is 0 Å². The molecule has 0 saturated carbocycles. The Morgan fingerprint density at radius 1 is 1.50 bits per heavy atom. The van der Waals surface area contributed by atoms with Crippen molar-refractivity contribution >= 4 is 16.3 Å². The molecular formula is C8H14N2OS. The van der Waals surface area contributed by atoms with Crippen molar-refractivity contribution in [1.82, 2.24) is 4.98 Å². The Bertz CT molecular complexity index is 281. The Balaban J connectivity index is 3.09. The van der Waals surface area contributed by atoms with E-state index in [0.29, 0.717) is 0 Å². The molecule has 68 valence electrons. The van der Waals surface area contributed by atoms with E-state index < -0.39 is 0 Å². The third-order valence-corrected chi connectivity index (χ3v) is 2.64. The summed E-state index contributed by atoms with van der Waals surface area (Å²) in [6, 6.07) is 0. The summed E-state index contributed by atoms with van der Waals surface area (Å²) in [4.78, 5) is 4.32. The fourth-order valence-electron chi connectivity index (χ4n) is 0.971. The van der Waals surface area contributed by atoms with Crippen LogP contribution in [0.3, 0.4) is 0 Å². The number of aromatic nitrogens is 1. The minimum Gasteiger partial charge on any atom is -0.389 e. The van der Waals surface area contributed by atoms with Gasteiger partial charge in [0, 0.05) is 7.11 Å². The number of nitrogen functional groups attached to an aromatic ring is 1. The molecule has 1 heterocycles. The normalized spacial score (nSPS) is 12.0. The summed E-state index contributed by atoms with van der Waals surface area (Å²) in [7, 11) is 1.66. The van der Waals surface area contributed by atoms with E-state index in [4.69, 9.17) is 10.5 Å². The Morgan fingerprint density at radius 3 is 2.42 bits per heavy atom. The summed E-state index contributed by atoms with van der Waals surface area (Å²) in [5.41, 5.74) is 6.24. The predicted molar refractivity (Wildman–Crippen MR) is 51.3 cm³/mol. The number of ether oxygens (including phenoxy) is 1. The van der Waals surface area contributed by atoms with Crippen LogP contribution in [0.1, 0.15) is 24.5 Å². The molecule has 12 heavy (non-hydrogen) atoms. The van der Waals surface area contributed by atoms with Crippen molar-refractivity contribution in [2.24, 2.45) is 0 Å². The smallest absolute Gasteiger partial charge is 0.112 e. The topological polar surface area (TPSA) is 48.1 Å². The zero-order chi connectivity index (χ0) is 9.35. The minimum atomic E-state index is -0.380. The lowest BCUT2D eigenvalue weighted by Gasteiger charge is -2.20. The molecule has 3 nitrogen and oxygen atoms in total. The summed E-state index contributed by atoms with van der Waals surface area (Å²) in [5, 5.41) is 1.73. The highest BCUT2D eigenvalue weighted by Gasteiger charge is 2.25. The van der Waals surface area contributed by atoms with Gasteiger partial charge in [-0.1, -0.05) is 0 Å². The first-order chi connectivity index (χ1) is 5.47. The predicted octanol–water partition coefficient (Wildman–Crippen LogP) is 1.92. The van der Waals surface area contributed by atoms with E-state index in [1.165, 1.54) is 11.3 Å². The van der Waals surface area contributed by atoms with Crippen LogP contribution < -0.4 is 5.73 Å². The van der Waals surface area contributed by atoms with Crippen molar-refractivity contribution in [1.29, 1.82) is 0 Å². The van der Waals surface area contributed by atoms with Crippen molar-refractivity contribution in [2.45, 2.75) is 26.4 Å². The number of nitrogens with zero attached hydrogens (tertiary/aromatic N) is 1. The van der Waals surface area contributed by atoms with Gasteiger partial charge in [0.1, 0.15) is 16.3 Å². The molecule has 2 N–H and O–H groups in total. The van der Waals surface area contributed by atoms with Crippen molar-refractivity contribution in [3.8, 4) is 0 Å². The van der Waals surface area contributed by atoms with Crippen molar-refractivity contribution in [2.75, 3.05) is 12.8 Å². The largest absolute Gasteiger partial charge is 0.389 e. The highest BCUT2D eigenvalue weighted by Crippen LogP contribution is 2.31. The molecule has 0 aliphatic heterocycles. The van der Waals surface area contributed by atoms with Crippen molar-refractivity contribution < 1.29 is 4.74 Å². The van der Waals surface area contributed by atoms with Gasteiger partial charge < -0.3 is 10.5 Å². The first kappa shape index (κ1) is 9.48. The zero-order valence-electron chi connectivity index (χ0n) is 7.84. The van der Waals surface area contributed by atoms with Gasteiger partial charge in [0.2, 0.25) is 0 Å². The van der Waals surface area contributed by atoms with E-state index in [0.717, 1.165) is 15.7 Å². The van der Waals surface area contributed by atoms with E-state index in [1.807, 2.05) is 20.8 Å². The van der Waals surface area contributed by atoms with Crippen LogP contribution in [0.5, 0.6) is 0 Å². The highest BCUT2D eigenvalue weighted by atomic mass is 32.1. The van der Waals surface area contributed by atoms with Crippen LogP contribution in [0.4, 0.5) is 5.00 Å². The Kier molecular flexibility index (Phi) is 2.39. The second-order valence-corrected chi connectivity index (χ2v) is 4.39. The summed E-state index contributed by atoms with van der Waals surface area (Å²) in [5.74, 6) is 0. The second-order valence-electron chi connectivity index (χ2n) is 3.16. The van der Waals surface area contributed by atoms with Crippen LogP contribution >= 0.6 is 11.3 Å². The van der Waals surface area contributed by atoms with Gasteiger partial charge in [-0.15, -0.1) is 11.3 Å². The van der Waals surface area contributed by atoms with Crippen LogP contribution in [0.2, 0.25) is 0 Å². The van der Waals surface area contributed by atoms with Crippen LogP contribution in [-0.4, -0.2) is 12.1 Å². The second kappa shape index (κ2) is 3.03. The number of anilines is 1. The van der Waals surface area contributed by atoms with E-state index in [1.54, 1.807) is 7.11 Å². The quantitative estimate of drug-likeness (QED) is 0.767. The van der Waals surface area contributed by atoms with Crippen LogP contribution in [0.25, 0.3) is 0 Å². The molecule has 0 radical (unpaired) electrons. The molecule has 0 aromatic carbocycles. The Labute approximate surface area is 76.6 Å². The molecule has 0 unspecified atom stereocenters. The molecule has 1 rings (SSSR count). The van der Waals surface area contributed by atoms with Gasteiger partial charge in [0.15, 0.2) is 0 Å². The van der Waals surface area contributed by atoms with E-state index in [9.17, 15) is 0 Å². The Hall–Kier alpha value is -0.610. The maximum atomic E-state index is 5.78. The number of rotatable bonds is 2. The average molecular weight is 186 g/mol. The van der Waals surface area contributed by atoms with Gasteiger partial charge in [-0.05, 0) is 20.8 Å². The van der Waals surface area contributed by atoms with Crippen LogP contribution in [-0.2, 0) is 10.3 Å². The van der Waals surface area contributed by atoms with E-state index in [2.05, 4.69) is 4.98 Å². The summed E-state index contributed by atoms with van der Waals surface area (Å²) in [6.07, 6.45) is 0. The average Bonchev–Trinajstić information content (AvgIpc) is 2.31. The molecule has 1 aromatic rings. The lowest BCUT2D eigenvalue weighted by atomic mass is 10.1. The van der Waals surface area contributed by atoms with Gasteiger partial charge in [0.05, 0.1) is 5.01 Å².